The minimum absolute atomic E-state index is 0.798. The van der Waals surface area contributed by atoms with Crippen LogP contribution in [0.3, 0.4) is 0 Å². The summed E-state index contributed by atoms with van der Waals surface area (Å²) in [7, 11) is 0. The maximum Gasteiger partial charge on any atom is 0.152 e. The van der Waals surface area contributed by atoms with E-state index in [2.05, 4.69) is 29.2 Å². The number of anilines is 1. The van der Waals surface area contributed by atoms with Crippen molar-refractivity contribution in [3.05, 3.63) is 24.7 Å². The van der Waals surface area contributed by atoms with Crippen LogP contribution in [-0.4, -0.2) is 21.1 Å². The normalized spacial score (nSPS) is 11.2. The molecule has 2 aromatic heterocycles. The Bertz CT molecular complexity index is 461. The zero-order valence-corrected chi connectivity index (χ0v) is 10.6. The van der Waals surface area contributed by atoms with Gasteiger partial charge in [0.05, 0.1) is 6.20 Å². The van der Waals surface area contributed by atoms with Crippen molar-refractivity contribution in [1.82, 2.24) is 14.6 Å². The van der Waals surface area contributed by atoms with Gasteiger partial charge < -0.3 is 5.32 Å². The third-order valence-electron chi connectivity index (χ3n) is 2.83. The molecule has 0 bridgehead atoms. The van der Waals surface area contributed by atoms with Crippen molar-refractivity contribution in [2.75, 3.05) is 11.9 Å². The van der Waals surface area contributed by atoms with Gasteiger partial charge in [-0.2, -0.15) is 5.10 Å². The van der Waals surface area contributed by atoms with Gasteiger partial charge in [0.25, 0.3) is 0 Å². The summed E-state index contributed by atoms with van der Waals surface area (Å²) in [6.07, 6.45) is 9.19. The van der Waals surface area contributed by atoms with Gasteiger partial charge in [0.15, 0.2) is 5.82 Å². The van der Waals surface area contributed by atoms with Crippen LogP contribution in [0.4, 0.5) is 5.82 Å². The van der Waals surface area contributed by atoms with E-state index in [-0.39, 0.29) is 0 Å². The number of aromatic nitrogens is 3. The van der Waals surface area contributed by atoms with Crippen LogP contribution in [0.2, 0.25) is 0 Å². The summed E-state index contributed by atoms with van der Waals surface area (Å²) in [6, 6.07) is 1.98. The molecule has 0 atom stereocenters. The summed E-state index contributed by atoms with van der Waals surface area (Å²) in [5.41, 5.74) is 1.04. The number of hydrogen-bond donors (Lipinski definition) is 1. The molecular weight excluding hydrogens is 212 g/mol. The van der Waals surface area contributed by atoms with Crippen LogP contribution in [0, 0.1) is 5.92 Å². The van der Waals surface area contributed by atoms with E-state index in [1.165, 1.54) is 19.3 Å². The molecule has 4 heteroatoms. The monoisotopic (exact) mass is 232 g/mol. The minimum Gasteiger partial charge on any atom is -0.368 e. The molecule has 0 unspecified atom stereocenters. The largest absolute Gasteiger partial charge is 0.368 e. The zero-order valence-electron chi connectivity index (χ0n) is 10.6. The molecule has 0 aromatic carbocycles. The third-order valence-corrected chi connectivity index (χ3v) is 2.83. The predicted molar refractivity (Wildman–Crippen MR) is 70.2 cm³/mol. The molecule has 0 aliphatic rings. The van der Waals surface area contributed by atoms with E-state index < -0.39 is 0 Å². The second kappa shape index (κ2) is 5.66. The van der Waals surface area contributed by atoms with Gasteiger partial charge in [0, 0.05) is 18.9 Å². The Morgan fingerprint density at radius 3 is 3.00 bits per heavy atom. The Morgan fingerprint density at radius 2 is 2.18 bits per heavy atom. The van der Waals surface area contributed by atoms with Gasteiger partial charge in [-0.15, -0.1) is 0 Å². The predicted octanol–water partition coefficient (Wildman–Crippen LogP) is 2.97. The molecule has 92 valence electrons. The summed E-state index contributed by atoms with van der Waals surface area (Å²) in [5.74, 6) is 1.72. The molecule has 0 saturated carbocycles. The fourth-order valence-corrected chi connectivity index (χ4v) is 1.88. The van der Waals surface area contributed by atoms with E-state index in [1.807, 2.05) is 16.8 Å². The highest BCUT2D eigenvalue weighted by Gasteiger charge is 2.01. The minimum atomic E-state index is 0.798. The van der Waals surface area contributed by atoms with Crippen molar-refractivity contribution >= 4 is 11.3 Å². The first-order chi connectivity index (χ1) is 8.27. The van der Waals surface area contributed by atoms with Crippen LogP contribution in [-0.2, 0) is 0 Å². The van der Waals surface area contributed by atoms with Crippen LogP contribution in [0.15, 0.2) is 24.7 Å². The Hall–Kier alpha value is -1.58. The molecule has 0 saturated heterocycles. The summed E-state index contributed by atoms with van der Waals surface area (Å²) < 4.78 is 1.84. The molecular formula is C13H20N4. The molecule has 4 nitrogen and oxygen atoms in total. The smallest absolute Gasteiger partial charge is 0.152 e. The van der Waals surface area contributed by atoms with Crippen molar-refractivity contribution in [1.29, 1.82) is 0 Å². The van der Waals surface area contributed by atoms with E-state index in [4.69, 9.17) is 0 Å². The molecule has 1 N–H and O–H groups in total. The van der Waals surface area contributed by atoms with Gasteiger partial charge in [-0.05, 0) is 18.4 Å². The molecule has 0 aliphatic carbocycles. The topological polar surface area (TPSA) is 42.2 Å². The Morgan fingerprint density at radius 1 is 1.29 bits per heavy atom. The molecule has 2 heterocycles. The summed E-state index contributed by atoms with van der Waals surface area (Å²) >= 11 is 0. The molecule has 0 aliphatic heterocycles. The first-order valence-electron chi connectivity index (χ1n) is 6.29. The molecule has 0 fully saturated rings. The molecule has 2 aromatic rings. The second-order valence-corrected chi connectivity index (χ2v) is 4.75. The van der Waals surface area contributed by atoms with Crippen LogP contribution >= 0.6 is 0 Å². The third kappa shape index (κ3) is 3.19. The van der Waals surface area contributed by atoms with Gasteiger partial charge in [-0.1, -0.05) is 26.7 Å². The first-order valence-corrected chi connectivity index (χ1v) is 6.29. The lowest BCUT2D eigenvalue weighted by molar-refractivity contribution is 0.544. The van der Waals surface area contributed by atoms with E-state index >= 15 is 0 Å². The molecule has 17 heavy (non-hydrogen) atoms. The molecule has 2 rings (SSSR count). The number of unbranched alkanes of at least 4 members (excludes halogenated alkanes) is 1. The van der Waals surface area contributed by atoms with Crippen LogP contribution in [0.25, 0.3) is 5.52 Å². The van der Waals surface area contributed by atoms with Gasteiger partial charge in [-0.3, -0.25) is 0 Å². The fourth-order valence-electron chi connectivity index (χ4n) is 1.88. The van der Waals surface area contributed by atoms with Crippen molar-refractivity contribution in [2.24, 2.45) is 5.92 Å². The number of fused-ring (bicyclic) bond motifs is 1. The maximum absolute atomic E-state index is 4.34. The standard InChI is InChI=1S/C13H20N4/c1-11(2)5-3-4-7-14-13-12-6-8-16-17(12)10-9-15-13/h6,8-11H,3-5,7H2,1-2H3,(H,14,15). The lowest BCUT2D eigenvalue weighted by Crippen LogP contribution is -2.05. The average molecular weight is 232 g/mol. The summed E-state index contributed by atoms with van der Waals surface area (Å²) in [6.45, 7) is 5.51. The van der Waals surface area contributed by atoms with Gasteiger partial charge >= 0.3 is 0 Å². The Kier molecular flexibility index (Phi) is 3.96. The Balaban J connectivity index is 1.84. The lowest BCUT2D eigenvalue weighted by Gasteiger charge is -2.07. The number of hydrogen-bond acceptors (Lipinski definition) is 3. The van der Waals surface area contributed by atoms with E-state index in [1.54, 1.807) is 12.4 Å². The van der Waals surface area contributed by atoms with Crippen molar-refractivity contribution in [2.45, 2.75) is 33.1 Å². The van der Waals surface area contributed by atoms with Crippen molar-refractivity contribution in [3.63, 3.8) is 0 Å². The molecule has 0 amide bonds. The van der Waals surface area contributed by atoms with Gasteiger partial charge in [-0.25, -0.2) is 9.50 Å². The van der Waals surface area contributed by atoms with Gasteiger partial charge in [0.2, 0.25) is 0 Å². The highest BCUT2D eigenvalue weighted by molar-refractivity contribution is 5.66. The van der Waals surface area contributed by atoms with Gasteiger partial charge in [0.1, 0.15) is 5.52 Å². The average Bonchev–Trinajstić information content (AvgIpc) is 2.77. The lowest BCUT2D eigenvalue weighted by atomic mass is 10.1. The SMILES string of the molecule is CC(C)CCCCNc1nccn2nccc12. The number of rotatable bonds is 6. The quantitative estimate of drug-likeness (QED) is 0.779. The summed E-state index contributed by atoms with van der Waals surface area (Å²) in [5, 5.41) is 7.56. The Labute approximate surface area is 102 Å². The highest BCUT2D eigenvalue weighted by atomic mass is 15.2. The zero-order chi connectivity index (χ0) is 12.1. The van der Waals surface area contributed by atoms with Crippen LogP contribution < -0.4 is 5.32 Å². The molecule has 0 radical (unpaired) electrons. The van der Waals surface area contributed by atoms with Crippen molar-refractivity contribution in [3.8, 4) is 0 Å². The fraction of sp³-hybridized carbons (Fsp3) is 0.538. The maximum atomic E-state index is 4.34. The van der Waals surface area contributed by atoms with Crippen LogP contribution in [0.5, 0.6) is 0 Å². The van der Waals surface area contributed by atoms with Crippen LogP contribution in [0.1, 0.15) is 33.1 Å². The first kappa shape index (κ1) is 11.9. The van der Waals surface area contributed by atoms with E-state index in [0.29, 0.717) is 0 Å². The summed E-state index contributed by atoms with van der Waals surface area (Å²) in [4.78, 5) is 4.34. The number of nitrogens with one attached hydrogen (secondary N) is 1. The van der Waals surface area contributed by atoms with E-state index in [9.17, 15) is 0 Å². The number of nitrogens with zero attached hydrogens (tertiary/aromatic N) is 3. The highest BCUT2D eigenvalue weighted by Crippen LogP contribution is 2.13. The molecule has 0 spiro atoms. The van der Waals surface area contributed by atoms with E-state index in [0.717, 1.165) is 23.8 Å². The van der Waals surface area contributed by atoms with Crippen molar-refractivity contribution < 1.29 is 0 Å². The second-order valence-electron chi connectivity index (χ2n) is 4.75.